The molecule has 0 radical (unpaired) electrons. The molecule has 2 aromatic carbocycles. The van der Waals surface area contributed by atoms with Crippen molar-refractivity contribution in [2.75, 3.05) is 11.9 Å². The molecule has 0 saturated heterocycles. The van der Waals surface area contributed by atoms with Crippen LogP contribution in [-0.4, -0.2) is 27.3 Å². The Labute approximate surface area is 186 Å². The van der Waals surface area contributed by atoms with Crippen LogP contribution in [0.3, 0.4) is 0 Å². The van der Waals surface area contributed by atoms with Gasteiger partial charge in [-0.2, -0.15) is 15.0 Å². The topological polar surface area (TPSA) is 92.8 Å². The predicted octanol–water partition coefficient (Wildman–Crippen LogP) is 4.71. The lowest BCUT2D eigenvalue weighted by molar-refractivity contribution is -0.116. The molecule has 160 valence electrons. The van der Waals surface area contributed by atoms with Gasteiger partial charge in [-0.05, 0) is 49.6 Å². The number of carbonyl (C=O) groups excluding carboxylic acids is 1. The van der Waals surface area contributed by atoms with Crippen molar-refractivity contribution in [2.45, 2.75) is 26.7 Å². The van der Waals surface area contributed by atoms with Crippen LogP contribution in [0.2, 0.25) is 0 Å². The summed E-state index contributed by atoms with van der Waals surface area (Å²) < 4.78 is 7.35. The SMILES string of the molecule is Cc1cccc(C)c1OCCCC(=O)Nc1c(C#N)cnn1-c1ccc2ccccc2n1. The van der Waals surface area contributed by atoms with Gasteiger partial charge in [0.1, 0.15) is 17.4 Å². The zero-order valence-electron chi connectivity index (χ0n) is 18.0. The number of ether oxygens (including phenoxy) is 1. The van der Waals surface area contributed by atoms with E-state index in [-0.39, 0.29) is 17.9 Å². The zero-order valence-corrected chi connectivity index (χ0v) is 18.0. The molecule has 0 unspecified atom stereocenters. The van der Waals surface area contributed by atoms with E-state index in [0.717, 1.165) is 27.8 Å². The highest BCUT2D eigenvalue weighted by atomic mass is 16.5. The molecular weight excluding hydrogens is 402 g/mol. The number of anilines is 1. The molecule has 7 heteroatoms. The Hall–Kier alpha value is -4.18. The van der Waals surface area contributed by atoms with Crippen molar-refractivity contribution in [3.63, 3.8) is 0 Å². The smallest absolute Gasteiger partial charge is 0.225 e. The van der Waals surface area contributed by atoms with Crippen molar-refractivity contribution in [3.05, 3.63) is 77.5 Å². The van der Waals surface area contributed by atoms with Gasteiger partial charge in [-0.1, -0.05) is 36.4 Å². The second kappa shape index (κ2) is 9.31. The number of fused-ring (bicyclic) bond motifs is 1. The van der Waals surface area contributed by atoms with Gasteiger partial charge in [0.2, 0.25) is 5.91 Å². The third-order valence-corrected chi connectivity index (χ3v) is 5.15. The first kappa shape index (κ1) is 21.1. The molecule has 0 spiro atoms. The number of nitriles is 1. The number of pyridine rings is 1. The van der Waals surface area contributed by atoms with Crippen LogP contribution in [0, 0.1) is 25.2 Å². The van der Waals surface area contributed by atoms with E-state index >= 15 is 0 Å². The van der Waals surface area contributed by atoms with Crippen LogP contribution in [0.15, 0.2) is 60.8 Å². The number of hydrogen-bond acceptors (Lipinski definition) is 5. The van der Waals surface area contributed by atoms with Crippen LogP contribution in [0.25, 0.3) is 16.7 Å². The summed E-state index contributed by atoms with van der Waals surface area (Å²) in [4.78, 5) is 17.2. The third kappa shape index (κ3) is 4.44. The number of para-hydroxylation sites is 2. The summed E-state index contributed by atoms with van der Waals surface area (Å²) in [6, 6.07) is 19.5. The molecular formula is C25H23N5O2. The standard InChI is InChI=1S/C25H23N5O2/c1-17-7-5-8-18(2)24(17)32-14-6-11-23(31)29-25-20(15-26)16-27-30(25)22-13-12-19-9-3-4-10-21(19)28-22/h3-5,7-10,12-13,16H,6,11,14H2,1-2H3,(H,29,31). The van der Waals surface area contributed by atoms with Gasteiger partial charge >= 0.3 is 0 Å². The van der Waals surface area contributed by atoms with Gasteiger partial charge in [-0.3, -0.25) is 4.79 Å². The Morgan fingerprint density at radius 3 is 2.66 bits per heavy atom. The van der Waals surface area contributed by atoms with Gasteiger partial charge in [-0.25, -0.2) is 4.98 Å². The van der Waals surface area contributed by atoms with Crippen molar-refractivity contribution >= 4 is 22.6 Å². The molecule has 0 atom stereocenters. The Bertz CT molecular complexity index is 1300. The van der Waals surface area contributed by atoms with E-state index < -0.39 is 0 Å². The number of aryl methyl sites for hydroxylation is 2. The highest BCUT2D eigenvalue weighted by molar-refractivity contribution is 5.91. The molecule has 0 fully saturated rings. The maximum atomic E-state index is 12.6. The minimum absolute atomic E-state index is 0.214. The number of nitrogens with one attached hydrogen (secondary N) is 1. The molecule has 2 aromatic heterocycles. The molecule has 2 heterocycles. The highest BCUT2D eigenvalue weighted by Gasteiger charge is 2.16. The number of benzene rings is 2. The quantitative estimate of drug-likeness (QED) is 0.433. The van der Waals surface area contributed by atoms with E-state index in [1.54, 1.807) is 0 Å². The number of aromatic nitrogens is 3. The summed E-state index contributed by atoms with van der Waals surface area (Å²) in [5.41, 5.74) is 3.22. The highest BCUT2D eigenvalue weighted by Crippen LogP contribution is 2.23. The summed E-state index contributed by atoms with van der Waals surface area (Å²) in [6.07, 6.45) is 2.23. The second-order valence-electron chi connectivity index (χ2n) is 7.51. The van der Waals surface area contributed by atoms with Crippen LogP contribution in [-0.2, 0) is 4.79 Å². The van der Waals surface area contributed by atoms with E-state index in [4.69, 9.17) is 4.74 Å². The van der Waals surface area contributed by atoms with Gasteiger partial charge in [0.15, 0.2) is 11.6 Å². The van der Waals surface area contributed by atoms with Gasteiger partial charge in [-0.15, -0.1) is 0 Å². The van der Waals surface area contributed by atoms with Crippen LogP contribution in [0.4, 0.5) is 5.82 Å². The molecule has 4 aromatic rings. The molecule has 7 nitrogen and oxygen atoms in total. The fraction of sp³-hybridized carbons (Fsp3) is 0.200. The predicted molar refractivity (Wildman–Crippen MR) is 123 cm³/mol. The number of rotatable bonds is 7. The van der Waals surface area contributed by atoms with E-state index in [1.807, 2.05) is 68.4 Å². The Morgan fingerprint density at radius 1 is 1.09 bits per heavy atom. The first-order chi connectivity index (χ1) is 15.6. The largest absolute Gasteiger partial charge is 0.493 e. The molecule has 0 bridgehead atoms. The van der Waals surface area contributed by atoms with Crippen molar-refractivity contribution in [3.8, 4) is 17.6 Å². The molecule has 4 rings (SSSR count). The van der Waals surface area contributed by atoms with Crippen LogP contribution in [0.1, 0.15) is 29.5 Å². The first-order valence-electron chi connectivity index (χ1n) is 10.4. The number of amides is 1. The summed E-state index contributed by atoms with van der Waals surface area (Å²) >= 11 is 0. The maximum Gasteiger partial charge on any atom is 0.225 e. The zero-order chi connectivity index (χ0) is 22.5. The van der Waals surface area contributed by atoms with Crippen LogP contribution >= 0.6 is 0 Å². The number of carbonyl (C=O) groups is 1. The van der Waals surface area contributed by atoms with Gasteiger partial charge in [0.25, 0.3) is 0 Å². The normalized spacial score (nSPS) is 10.7. The molecule has 1 N–H and O–H groups in total. The number of nitrogens with zero attached hydrogens (tertiary/aromatic N) is 4. The number of hydrogen-bond donors (Lipinski definition) is 1. The Balaban J connectivity index is 1.44. The minimum atomic E-state index is -0.214. The summed E-state index contributed by atoms with van der Waals surface area (Å²) in [5, 5.41) is 17.5. The molecule has 1 amide bonds. The van der Waals surface area contributed by atoms with Crippen LogP contribution < -0.4 is 10.1 Å². The molecule has 0 aliphatic rings. The minimum Gasteiger partial charge on any atom is -0.493 e. The Kier molecular flexibility index (Phi) is 6.13. The average Bonchev–Trinajstić information content (AvgIpc) is 3.20. The maximum absolute atomic E-state index is 12.6. The molecule has 0 saturated carbocycles. The average molecular weight is 425 g/mol. The van der Waals surface area contributed by atoms with Crippen molar-refractivity contribution in [2.24, 2.45) is 0 Å². The van der Waals surface area contributed by atoms with Crippen molar-refractivity contribution in [1.82, 2.24) is 14.8 Å². The molecule has 0 aliphatic carbocycles. The molecule has 0 aliphatic heterocycles. The summed E-state index contributed by atoms with van der Waals surface area (Å²) in [7, 11) is 0. The summed E-state index contributed by atoms with van der Waals surface area (Å²) in [5.74, 6) is 1.49. The van der Waals surface area contributed by atoms with E-state index in [2.05, 4.69) is 21.5 Å². The van der Waals surface area contributed by atoms with E-state index in [0.29, 0.717) is 24.7 Å². The van der Waals surface area contributed by atoms with Crippen molar-refractivity contribution in [1.29, 1.82) is 5.26 Å². The van der Waals surface area contributed by atoms with Gasteiger partial charge in [0.05, 0.1) is 18.3 Å². The summed E-state index contributed by atoms with van der Waals surface area (Å²) in [6.45, 7) is 4.43. The second-order valence-corrected chi connectivity index (χ2v) is 7.51. The van der Waals surface area contributed by atoms with E-state index in [9.17, 15) is 10.1 Å². The van der Waals surface area contributed by atoms with Crippen molar-refractivity contribution < 1.29 is 9.53 Å². The van der Waals surface area contributed by atoms with Gasteiger partial charge < -0.3 is 10.1 Å². The lowest BCUT2D eigenvalue weighted by atomic mass is 10.1. The molecule has 32 heavy (non-hydrogen) atoms. The fourth-order valence-corrected chi connectivity index (χ4v) is 3.53. The first-order valence-corrected chi connectivity index (χ1v) is 10.4. The van der Waals surface area contributed by atoms with E-state index in [1.165, 1.54) is 10.9 Å². The lowest BCUT2D eigenvalue weighted by Gasteiger charge is -2.12. The lowest BCUT2D eigenvalue weighted by Crippen LogP contribution is -2.17. The van der Waals surface area contributed by atoms with Gasteiger partial charge in [0, 0.05) is 11.8 Å². The van der Waals surface area contributed by atoms with Crippen LogP contribution in [0.5, 0.6) is 5.75 Å². The fourth-order valence-electron chi connectivity index (χ4n) is 3.53. The monoisotopic (exact) mass is 425 g/mol. The third-order valence-electron chi connectivity index (χ3n) is 5.15. The Morgan fingerprint density at radius 2 is 1.88 bits per heavy atom.